The largest absolute Gasteiger partial charge is 0.375 e. The third kappa shape index (κ3) is 2.41. The molecule has 1 saturated heterocycles. The highest BCUT2D eigenvalue weighted by Crippen LogP contribution is 2.18. The number of nitrogens with zero attached hydrogens (tertiary/aromatic N) is 2. The summed E-state index contributed by atoms with van der Waals surface area (Å²) in [6.45, 7) is 12.0. The minimum atomic E-state index is 0.591. The Kier molecular flexibility index (Phi) is 3.81. The van der Waals surface area contributed by atoms with Crippen LogP contribution in [-0.4, -0.2) is 49.6 Å². The van der Waals surface area contributed by atoms with Crippen molar-refractivity contribution in [3.05, 3.63) is 12.4 Å². The van der Waals surface area contributed by atoms with E-state index in [1.54, 1.807) is 0 Å². The summed E-state index contributed by atoms with van der Waals surface area (Å²) in [5.41, 5.74) is 0. The van der Waals surface area contributed by atoms with Crippen LogP contribution in [0.15, 0.2) is 12.4 Å². The van der Waals surface area contributed by atoms with E-state index in [-0.39, 0.29) is 0 Å². The standard InChI is InChI=1S/C11H23N3/c1-9(2)11-8-13(5)6-7-14(11)10(3)12-4/h9,11-12H,3,6-8H2,1-2,4-5H3. The van der Waals surface area contributed by atoms with Crippen LogP contribution >= 0.6 is 0 Å². The summed E-state index contributed by atoms with van der Waals surface area (Å²) in [7, 11) is 4.13. The molecular formula is C11H23N3. The van der Waals surface area contributed by atoms with Gasteiger partial charge in [0.1, 0.15) is 0 Å². The first-order valence-corrected chi connectivity index (χ1v) is 5.38. The van der Waals surface area contributed by atoms with Crippen molar-refractivity contribution in [1.29, 1.82) is 0 Å². The van der Waals surface area contributed by atoms with E-state index in [1.807, 2.05) is 7.05 Å². The molecule has 0 radical (unpaired) electrons. The molecule has 1 atom stereocenters. The molecule has 0 aromatic rings. The smallest absolute Gasteiger partial charge is 0.0939 e. The number of rotatable bonds is 3. The van der Waals surface area contributed by atoms with Crippen LogP contribution in [0.4, 0.5) is 0 Å². The number of hydrogen-bond donors (Lipinski definition) is 1. The van der Waals surface area contributed by atoms with Crippen molar-refractivity contribution in [3.8, 4) is 0 Å². The van der Waals surface area contributed by atoms with Crippen LogP contribution in [-0.2, 0) is 0 Å². The maximum atomic E-state index is 4.05. The Hall–Kier alpha value is -0.700. The SMILES string of the molecule is C=C(NC)N1CCN(C)CC1C(C)C. The Morgan fingerprint density at radius 3 is 2.57 bits per heavy atom. The molecule has 0 aromatic heterocycles. The van der Waals surface area contributed by atoms with Crippen molar-refractivity contribution in [3.63, 3.8) is 0 Å². The molecule has 82 valence electrons. The minimum absolute atomic E-state index is 0.591. The topological polar surface area (TPSA) is 18.5 Å². The average Bonchev–Trinajstić information content (AvgIpc) is 2.16. The fourth-order valence-corrected chi connectivity index (χ4v) is 2.00. The van der Waals surface area contributed by atoms with E-state index in [9.17, 15) is 0 Å². The van der Waals surface area contributed by atoms with Crippen LogP contribution in [0.3, 0.4) is 0 Å². The van der Waals surface area contributed by atoms with E-state index in [0.29, 0.717) is 12.0 Å². The maximum absolute atomic E-state index is 4.05. The molecule has 1 aliphatic rings. The molecule has 1 aliphatic heterocycles. The van der Waals surface area contributed by atoms with Crippen LogP contribution in [0.1, 0.15) is 13.8 Å². The quantitative estimate of drug-likeness (QED) is 0.727. The van der Waals surface area contributed by atoms with Crippen molar-refractivity contribution < 1.29 is 0 Å². The van der Waals surface area contributed by atoms with Gasteiger partial charge in [-0.3, -0.25) is 0 Å². The van der Waals surface area contributed by atoms with Crippen LogP contribution in [0.25, 0.3) is 0 Å². The highest BCUT2D eigenvalue weighted by atomic mass is 15.3. The van der Waals surface area contributed by atoms with Crippen LogP contribution in [0, 0.1) is 5.92 Å². The number of nitrogens with one attached hydrogen (secondary N) is 1. The second-order valence-electron chi connectivity index (χ2n) is 4.46. The zero-order valence-corrected chi connectivity index (χ0v) is 9.88. The number of likely N-dealkylation sites (N-methyl/N-ethyl adjacent to an activating group) is 1. The highest BCUT2D eigenvalue weighted by molar-refractivity contribution is 4.97. The summed E-state index contributed by atoms with van der Waals surface area (Å²) < 4.78 is 0. The molecule has 0 amide bonds. The average molecular weight is 197 g/mol. The van der Waals surface area contributed by atoms with Crippen molar-refractivity contribution in [2.24, 2.45) is 5.92 Å². The molecule has 0 bridgehead atoms. The zero-order valence-electron chi connectivity index (χ0n) is 9.88. The second-order valence-corrected chi connectivity index (χ2v) is 4.46. The molecule has 1 fully saturated rings. The van der Waals surface area contributed by atoms with Gasteiger partial charge in [0.25, 0.3) is 0 Å². The summed E-state index contributed by atoms with van der Waals surface area (Å²) in [6.07, 6.45) is 0. The molecule has 0 spiro atoms. The molecule has 3 nitrogen and oxygen atoms in total. The molecular weight excluding hydrogens is 174 g/mol. The van der Waals surface area contributed by atoms with Crippen molar-refractivity contribution >= 4 is 0 Å². The lowest BCUT2D eigenvalue weighted by Crippen LogP contribution is -2.54. The predicted molar refractivity (Wildman–Crippen MR) is 61.0 cm³/mol. The molecule has 1 N–H and O–H groups in total. The van der Waals surface area contributed by atoms with Gasteiger partial charge < -0.3 is 15.1 Å². The Labute approximate surface area is 87.8 Å². The third-order valence-electron chi connectivity index (χ3n) is 3.03. The van der Waals surface area contributed by atoms with Gasteiger partial charge in [-0.05, 0) is 13.0 Å². The van der Waals surface area contributed by atoms with E-state index in [2.05, 4.69) is 42.6 Å². The summed E-state index contributed by atoms with van der Waals surface area (Å²) in [5.74, 6) is 1.72. The van der Waals surface area contributed by atoms with E-state index in [0.717, 1.165) is 25.5 Å². The van der Waals surface area contributed by atoms with Gasteiger partial charge in [0, 0.05) is 32.7 Å². The zero-order chi connectivity index (χ0) is 10.7. The first-order valence-electron chi connectivity index (χ1n) is 5.38. The first-order chi connectivity index (χ1) is 6.56. The molecule has 1 unspecified atom stereocenters. The first kappa shape index (κ1) is 11.4. The monoisotopic (exact) mass is 197 g/mol. The predicted octanol–water partition coefficient (Wildman–Crippen LogP) is 0.949. The van der Waals surface area contributed by atoms with Gasteiger partial charge in [-0.15, -0.1) is 0 Å². The lowest BCUT2D eigenvalue weighted by Gasteiger charge is -2.44. The summed E-state index contributed by atoms with van der Waals surface area (Å²) in [4.78, 5) is 4.79. The molecule has 0 aliphatic carbocycles. The lowest BCUT2D eigenvalue weighted by molar-refractivity contribution is 0.0868. The highest BCUT2D eigenvalue weighted by Gasteiger charge is 2.27. The normalized spacial score (nSPS) is 24.1. The van der Waals surface area contributed by atoms with E-state index >= 15 is 0 Å². The molecule has 0 saturated carbocycles. The molecule has 3 heteroatoms. The fraction of sp³-hybridized carbons (Fsp3) is 0.818. The van der Waals surface area contributed by atoms with Crippen LogP contribution in [0.5, 0.6) is 0 Å². The molecule has 0 aromatic carbocycles. The van der Waals surface area contributed by atoms with Crippen molar-refractivity contribution in [2.45, 2.75) is 19.9 Å². The van der Waals surface area contributed by atoms with Crippen LogP contribution in [0.2, 0.25) is 0 Å². The Balaban J connectivity index is 2.67. The summed E-state index contributed by atoms with van der Waals surface area (Å²) >= 11 is 0. The van der Waals surface area contributed by atoms with Gasteiger partial charge in [0.05, 0.1) is 5.82 Å². The lowest BCUT2D eigenvalue weighted by atomic mass is 10.00. The van der Waals surface area contributed by atoms with Crippen LogP contribution < -0.4 is 5.32 Å². The Bertz CT molecular complexity index is 201. The third-order valence-corrected chi connectivity index (χ3v) is 3.03. The molecule has 14 heavy (non-hydrogen) atoms. The van der Waals surface area contributed by atoms with Gasteiger partial charge >= 0.3 is 0 Å². The number of hydrogen-bond acceptors (Lipinski definition) is 3. The van der Waals surface area contributed by atoms with Gasteiger partial charge in [-0.1, -0.05) is 20.4 Å². The fourth-order valence-electron chi connectivity index (χ4n) is 2.00. The molecule has 1 rings (SSSR count). The van der Waals surface area contributed by atoms with Gasteiger partial charge in [-0.2, -0.15) is 0 Å². The van der Waals surface area contributed by atoms with Gasteiger partial charge in [0.2, 0.25) is 0 Å². The molecule has 1 heterocycles. The van der Waals surface area contributed by atoms with Crippen molar-refractivity contribution in [1.82, 2.24) is 15.1 Å². The maximum Gasteiger partial charge on any atom is 0.0939 e. The van der Waals surface area contributed by atoms with E-state index in [1.165, 1.54) is 0 Å². The minimum Gasteiger partial charge on any atom is -0.375 e. The summed E-state index contributed by atoms with van der Waals surface area (Å²) in [5, 5.41) is 3.15. The van der Waals surface area contributed by atoms with Crippen molar-refractivity contribution in [2.75, 3.05) is 33.7 Å². The van der Waals surface area contributed by atoms with Gasteiger partial charge in [-0.25, -0.2) is 0 Å². The number of piperazine rings is 1. The Morgan fingerprint density at radius 2 is 2.07 bits per heavy atom. The second kappa shape index (κ2) is 4.69. The Morgan fingerprint density at radius 1 is 1.43 bits per heavy atom. The van der Waals surface area contributed by atoms with E-state index in [4.69, 9.17) is 0 Å². The van der Waals surface area contributed by atoms with Gasteiger partial charge in [0.15, 0.2) is 0 Å². The van der Waals surface area contributed by atoms with E-state index < -0.39 is 0 Å². The summed E-state index contributed by atoms with van der Waals surface area (Å²) in [6, 6.07) is 0.591.